The smallest absolute Gasteiger partial charge is 0.150 e. The van der Waals surface area contributed by atoms with Crippen molar-refractivity contribution in [3.8, 4) is 0 Å². The molecule has 0 aliphatic rings. The average Bonchev–Trinajstić information content (AvgIpc) is 2.29. The minimum Gasteiger partial charge on any atom is -0.388 e. The molecular formula is C12H17FO3S. The molecule has 1 unspecified atom stereocenters. The lowest BCUT2D eigenvalue weighted by Crippen LogP contribution is -2.10. The van der Waals surface area contributed by atoms with E-state index < -0.39 is 15.9 Å². The highest BCUT2D eigenvalue weighted by molar-refractivity contribution is 7.91. The normalized spacial score (nSPS) is 13.6. The Bertz CT molecular complexity index is 439. The molecule has 1 aromatic carbocycles. The Labute approximate surface area is 101 Å². The summed E-state index contributed by atoms with van der Waals surface area (Å²) in [6.07, 6.45) is 0.0437. The molecule has 1 aromatic rings. The summed E-state index contributed by atoms with van der Waals surface area (Å²) in [5, 5.41) is 9.76. The van der Waals surface area contributed by atoms with Gasteiger partial charge in [0.1, 0.15) is 15.7 Å². The van der Waals surface area contributed by atoms with Crippen LogP contribution in [0.5, 0.6) is 0 Å². The summed E-state index contributed by atoms with van der Waals surface area (Å²) in [4.78, 5) is 0. The topological polar surface area (TPSA) is 54.4 Å². The number of aliphatic hydroxyl groups excluding tert-OH is 1. The van der Waals surface area contributed by atoms with E-state index in [-0.39, 0.29) is 17.3 Å². The molecule has 0 amide bonds. The van der Waals surface area contributed by atoms with Crippen LogP contribution in [-0.4, -0.2) is 25.0 Å². The SMILES string of the molecule is CCS(=O)(=O)CCCC(O)c1ccc(F)cc1. The summed E-state index contributed by atoms with van der Waals surface area (Å²) in [6.45, 7) is 1.60. The van der Waals surface area contributed by atoms with Crippen molar-refractivity contribution in [2.75, 3.05) is 11.5 Å². The van der Waals surface area contributed by atoms with Gasteiger partial charge in [0, 0.05) is 5.75 Å². The zero-order chi connectivity index (χ0) is 12.9. The number of benzene rings is 1. The van der Waals surface area contributed by atoms with Gasteiger partial charge >= 0.3 is 0 Å². The summed E-state index contributed by atoms with van der Waals surface area (Å²) in [6, 6.07) is 5.57. The lowest BCUT2D eigenvalue weighted by atomic mass is 10.1. The van der Waals surface area contributed by atoms with E-state index >= 15 is 0 Å². The summed E-state index contributed by atoms with van der Waals surface area (Å²) in [5.41, 5.74) is 0.611. The molecule has 0 radical (unpaired) electrons. The van der Waals surface area contributed by atoms with Gasteiger partial charge in [0.15, 0.2) is 0 Å². The maximum atomic E-state index is 12.6. The Morgan fingerprint density at radius 3 is 2.41 bits per heavy atom. The Balaban J connectivity index is 2.45. The minimum atomic E-state index is -2.98. The lowest BCUT2D eigenvalue weighted by molar-refractivity contribution is 0.166. The Kier molecular flexibility index (Phi) is 5.08. The van der Waals surface area contributed by atoms with Gasteiger partial charge in [0.25, 0.3) is 0 Å². The van der Waals surface area contributed by atoms with E-state index in [0.717, 1.165) is 0 Å². The van der Waals surface area contributed by atoms with Crippen molar-refractivity contribution in [3.05, 3.63) is 35.6 Å². The monoisotopic (exact) mass is 260 g/mol. The fraction of sp³-hybridized carbons (Fsp3) is 0.500. The summed E-state index contributed by atoms with van der Waals surface area (Å²) >= 11 is 0. The highest BCUT2D eigenvalue weighted by atomic mass is 32.2. The van der Waals surface area contributed by atoms with Gasteiger partial charge in [-0.2, -0.15) is 0 Å². The number of rotatable bonds is 6. The molecule has 96 valence electrons. The van der Waals surface area contributed by atoms with Crippen LogP contribution in [0.1, 0.15) is 31.4 Å². The number of aliphatic hydroxyl groups is 1. The van der Waals surface area contributed by atoms with Crippen molar-refractivity contribution >= 4 is 9.84 Å². The Morgan fingerprint density at radius 1 is 1.29 bits per heavy atom. The van der Waals surface area contributed by atoms with E-state index in [1.807, 2.05) is 0 Å². The number of sulfone groups is 1. The summed E-state index contributed by atoms with van der Waals surface area (Å²) in [7, 11) is -2.98. The van der Waals surface area contributed by atoms with Crippen LogP contribution in [0.2, 0.25) is 0 Å². The van der Waals surface area contributed by atoms with Gasteiger partial charge in [-0.15, -0.1) is 0 Å². The van der Waals surface area contributed by atoms with Crippen LogP contribution in [0.4, 0.5) is 4.39 Å². The van der Waals surface area contributed by atoms with Crippen molar-refractivity contribution in [3.63, 3.8) is 0 Å². The van der Waals surface area contributed by atoms with Crippen molar-refractivity contribution in [2.45, 2.75) is 25.9 Å². The third-order valence-electron chi connectivity index (χ3n) is 2.63. The molecule has 0 aliphatic carbocycles. The second-order valence-electron chi connectivity index (χ2n) is 3.95. The van der Waals surface area contributed by atoms with Gasteiger partial charge in [-0.3, -0.25) is 0 Å². The highest BCUT2D eigenvalue weighted by Gasteiger charge is 2.11. The molecule has 0 fully saturated rings. The van der Waals surface area contributed by atoms with Crippen molar-refractivity contribution in [1.29, 1.82) is 0 Å². The van der Waals surface area contributed by atoms with E-state index in [2.05, 4.69) is 0 Å². The number of hydrogen-bond acceptors (Lipinski definition) is 3. The standard InChI is InChI=1S/C12H17FO3S/c1-2-17(15,16)9-3-4-12(14)10-5-7-11(13)8-6-10/h5-8,12,14H,2-4,9H2,1H3. The van der Waals surface area contributed by atoms with Crippen molar-refractivity contribution in [1.82, 2.24) is 0 Å². The van der Waals surface area contributed by atoms with Gasteiger partial charge < -0.3 is 5.11 Å². The van der Waals surface area contributed by atoms with Crippen LogP contribution in [0, 0.1) is 5.82 Å². The van der Waals surface area contributed by atoms with Gasteiger partial charge in [-0.05, 0) is 30.5 Å². The Morgan fingerprint density at radius 2 is 1.88 bits per heavy atom. The first kappa shape index (κ1) is 14.1. The van der Waals surface area contributed by atoms with Gasteiger partial charge in [-0.25, -0.2) is 12.8 Å². The summed E-state index contributed by atoms with van der Waals surface area (Å²) in [5.74, 6) is -0.143. The molecule has 1 atom stereocenters. The van der Waals surface area contributed by atoms with E-state index in [9.17, 15) is 17.9 Å². The molecule has 0 heterocycles. The van der Waals surface area contributed by atoms with E-state index in [1.54, 1.807) is 6.92 Å². The highest BCUT2D eigenvalue weighted by Crippen LogP contribution is 2.18. The first-order chi connectivity index (χ1) is 7.94. The van der Waals surface area contributed by atoms with Crippen LogP contribution in [-0.2, 0) is 9.84 Å². The second kappa shape index (κ2) is 6.12. The maximum absolute atomic E-state index is 12.6. The molecule has 0 spiro atoms. The third-order valence-corrected chi connectivity index (χ3v) is 4.42. The zero-order valence-electron chi connectivity index (χ0n) is 9.77. The van der Waals surface area contributed by atoms with Gasteiger partial charge in [-0.1, -0.05) is 19.1 Å². The van der Waals surface area contributed by atoms with E-state index in [4.69, 9.17) is 0 Å². The van der Waals surface area contributed by atoms with Crippen LogP contribution in [0.15, 0.2) is 24.3 Å². The molecular weight excluding hydrogens is 243 g/mol. The number of halogens is 1. The van der Waals surface area contributed by atoms with Crippen molar-refractivity contribution < 1.29 is 17.9 Å². The fourth-order valence-electron chi connectivity index (χ4n) is 1.49. The van der Waals surface area contributed by atoms with Crippen LogP contribution in [0.3, 0.4) is 0 Å². The molecule has 0 bridgehead atoms. The summed E-state index contributed by atoms with van der Waals surface area (Å²) < 4.78 is 35.1. The Hall–Kier alpha value is -0.940. The fourth-order valence-corrected chi connectivity index (χ4v) is 2.39. The third kappa shape index (κ3) is 4.83. The lowest BCUT2D eigenvalue weighted by Gasteiger charge is -2.10. The van der Waals surface area contributed by atoms with Crippen molar-refractivity contribution in [2.24, 2.45) is 0 Å². The largest absolute Gasteiger partial charge is 0.388 e. The molecule has 0 aliphatic heterocycles. The zero-order valence-corrected chi connectivity index (χ0v) is 10.6. The van der Waals surface area contributed by atoms with Gasteiger partial charge in [0.05, 0.1) is 11.9 Å². The molecule has 17 heavy (non-hydrogen) atoms. The molecule has 0 saturated heterocycles. The molecule has 0 saturated carbocycles. The quantitative estimate of drug-likeness (QED) is 0.852. The van der Waals surface area contributed by atoms with Gasteiger partial charge in [0.2, 0.25) is 0 Å². The number of hydrogen-bond donors (Lipinski definition) is 1. The van der Waals surface area contributed by atoms with Crippen LogP contribution in [0.25, 0.3) is 0 Å². The van der Waals surface area contributed by atoms with E-state index in [0.29, 0.717) is 18.4 Å². The average molecular weight is 260 g/mol. The maximum Gasteiger partial charge on any atom is 0.150 e. The molecule has 0 aromatic heterocycles. The molecule has 3 nitrogen and oxygen atoms in total. The first-order valence-electron chi connectivity index (χ1n) is 5.58. The predicted molar refractivity (Wildman–Crippen MR) is 64.9 cm³/mol. The first-order valence-corrected chi connectivity index (χ1v) is 7.40. The molecule has 5 heteroatoms. The van der Waals surface area contributed by atoms with Crippen LogP contribution >= 0.6 is 0 Å². The second-order valence-corrected chi connectivity index (χ2v) is 6.42. The van der Waals surface area contributed by atoms with E-state index in [1.165, 1.54) is 24.3 Å². The molecule has 1 rings (SSSR count). The predicted octanol–water partition coefficient (Wildman–Crippen LogP) is 2.07. The van der Waals surface area contributed by atoms with Crippen LogP contribution < -0.4 is 0 Å². The minimum absolute atomic E-state index is 0.0851. The molecule has 1 N–H and O–H groups in total.